The third-order valence-corrected chi connectivity index (χ3v) is 0.985. The smallest absolute Gasteiger partial charge is 0.0387 e. The molecule has 0 rings (SSSR count). The molecule has 0 atom stereocenters. The molecule has 0 aliphatic carbocycles. The second-order valence-electron chi connectivity index (χ2n) is 2.60. The van der Waals surface area contributed by atoms with Crippen molar-refractivity contribution in [2.24, 2.45) is 16.8 Å². The predicted octanol–water partition coefficient (Wildman–Crippen LogP) is 1.04. The van der Waals surface area contributed by atoms with Gasteiger partial charge < -0.3 is 5.73 Å². The van der Waals surface area contributed by atoms with Crippen molar-refractivity contribution in [3.8, 4) is 0 Å². The maximum Gasteiger partial charge on any atom is 0.0387 e. The lowest BCUT2D eigenvalue weighted by atomic mass is 10.1. The van der Waals surface area contributed by atoms with E-state index in [1.54, 1.807) is 6.20 Å². The second kappa shape index (κ2) is 4.85. The van der Waals surface area contributed by atoms with Crippen LogP contribution >= 0.6 is 0 Å². The van der Waals surface area contributed by atoms with Gasteiger partial charge in [0.1, 0.15) is 0 Å². The highest BCUT2D eigenvalue weighted by Gasteiger charge is 1.94. The lowest BCUT2D eigenvalue weighted by molar-refractivity contribution is 0.634. The number of hydrogen-bond acceptors (Lipinski definition) is 3. The van der Waals surface area contributed by atoms with Crippen LogP contribution in [0.15, 0.2) is 17.0 Å². The summed E-state index contributed by atoms with van der Waals surface area (Å²) in [6.45, 7) is 7.48. The van der Waals surface area contributed by atoms with Crippen molar-refractivity contribution >= 4 is 6.72 Å². The Bertz CT molecular complexity index is 127. The molecule has 0 saturated heterocycles. The molecule has 0 amide bonds. The molecule has 0 heterocycles. The minimum atomic E-state index is 0.586. The number of nitrogens with one attached hydrogen (secondary N) is 1. The van der Waals surface area contributed by atoms with E-state index in [0.717, 1.165) is 12.1 Å². The molecule has 0 fully saturated rings. The van der Waals surface area contributed by atoms with Crippen LogP contribution in [0.1, 0.15) is 20.3 Å². The van der Waals surface area contributed by atoms with E-state index < -0.39 is 0 Å². The van der Waals surface area contributed by atoms with Crippen LogP contribution in [0.25, 0.3) is 0 Å². The third kappa shape index (κ3) is 5.15. The van der Waals surface area contributed by atoms with E-state index in [4.69, 9.17) is 5.73 Å². The van der Waals surface area contributed by atoms with Gasteiger partial charge in [-0.3, -0.25) is 5.43 Å². The summed E-state index contributed by atoms with van der Waals surface area (Å²) in [5.74, 6) is 0.586. The zero-order valence-electron chi connectivity index (χ0n) is 6.59. The maximum atomic E-state index is 5.57. The van der Waals surface area contributed by atoms with E-state index in [9.17, 15) is 0 Å². The first-order chi connectivity index (χ1) is 4.66. The molecule has 0 aromatic heterocycles. The van der Waals surface area contributed by atoms with Gasteiger partial charge in [-0.25, -0.2) is 0 Å². The number of hydrogen-bond donors (Lipinski definition) is 2. The lowest BCUT2D eigenvalue weighted by Gasteiger charge is -2.03. The molecule has 3 N–H and O–H groups in total. The van der Waals surface area contributed by atoms with Crippen LogP contribution in [0.2, 0.25) is 0 Å². The van der Waals surface area contributed by atoms with Crippen molar-refractivity contribution in [3.63, 3.8) is 0 Å². The molecule has 0 aliphatic rings. The van der Waals surface area contributed by atoms with Gasteiger partial charge in [0.2, 0.25) is 0 Å². The fourth-order valence-electron chi connectivity index (χ4n) is 0.659. The molecular formula is C7H15N3. The Morgan fingerprint density at radius 2 is 2.40 bits per heavy atom. The summed E-state index contributed by atoms with van der Waals surface area (Å²) < 4.78 is 0. The zero-order valence-corrected chi connectivity index (χ0v) is 6.59. The van der Waals surface area contributed by atoms with Crippen LogP contribution in [0.4, 0.5) is 0 Å². The molecule has 0 bridgehead atoms. The van der Waals surface area contributed by atoms with Crippen LogP contribution in [0, 0.1) is 5.92 Å². The van der Waals surface area contributed by atoms with Gasteiger partial charge in [-0.2, -0.15) is 5.10 Å². The number of allylic oxidation sites excluding steroid dienone is 1. The van der Waals surface area contributed by atoms with Gasteiger partial charge in [-0.1, -0.05) is 13.8 Å². The standard InChI is InChI=1S/C7H15N3/c1-6(2)4-7(8)5-10-9-3/h5-6,10H,3-4,8H2,1-2H3/b7-5-. The molecule has 3 heteroatoms. The first-order valence-corrected chi connectivity index (χ1v) is 3.32. The first-order valence-electron chi connectivity index (χ1n) is 3.32. The Labute approximate surface area is 62.0 Å². The largest absolute Gasteiger partial charge is 0.401 e. The molecule has 0 aliphatic heterocycles. The van der Waals surface area contributed by atoms with Gasteiger partial charge in [-0.05, 0) is 12.3 Å². The van der Waals surface area contributed by atoms with E-state index in [0.29, 0.717) is 5.92 Å². The quantitative estimate of drug-likeness (QED) is 0.454. The van der Waals surface area contributed by atoms with E-state index >= 15 is 0 Å². The van der Waals surface area contributed by atoms with Gasteiger partial charge in [-0.15, -0.1) is 0 Å². The molecule has 0 unspecified atom stereocenters. The summed E-state index contributed by atoms with van der Waals surface area (Å²) in [6, 6.07) is 0. The highest BCUT2D eigenvalue weighted by atomic mass is 15.3. The number of nitrogens with two attached hydrogens (primary N) is 1. The van der Waals surface area contributed by atoms with Gasteiger partial charge in [0.15, 0.2) is 0 Å². The number of rotatable bonds is 4. The first kappa shape index (κ1) is 9.01. The zero-order chi connectivity index (χ0) is 7.98. The van der Waals surface area contributed by atoms with Crippen LogP contribution < -0.4 is 11.2 Å². The van der Waals surface area contributed by atoms with Crippen molar-refractivity contribution in [3.05, 3.63) is 11.9 Å². The van der Waals surface area contributed by atoms with E-state index in [2.05, 4.69) is 31.1 Å². The average Bonchev–Trinajstić information content (AvgIpc) is 1.82. The molecule has 3 nitrogen and oxygen atoms in total. The Morgan fingerprint density at radius 1 is 1.80 bits per heavy atom. The predicted molar refractivity (Wildman–Crippen MR) is 44.4 cm³/mol. The van der Waals surface area contributed by atoms with Gasteiger partial charge in [0, 0.05) is 18.6 Å². The average molecular weight is 141 g/mol. The monoisotopic (exact) mass is 141 g/mol. The van der Waals surface area contributed by atoms with Crippen LogP contribution in [-0.4, -0.2) is 6.72 Å². The molecular weight excluding hydrogens is 126 g/mol. The topological polar surface area (TPSA) is 50.4 Å². The lowest BCUT2D eigenvalue weighted by Crippen LogP contribution is -2.05. The normalized spacial score (nSPS) is 11.7. The van der Waals surface area contributed by atoms with E-state index in [-0.39, 0.29) is 0 Å². The van der Waals surface area contributed by atoms with Crippen LogP contribution in [0.5, 0.6) is 0 Å². The minimum Gasteiger partial charge on any atom is -0.401 e. The van der Waals surface area contributed by atoms with Gasteiger partial charge in [0.05, 0.1) is 0 Å². The minimum absolute atomic E-state index is 0.586. The number of hydrazone groups is 1. The summed E-state index contributed by atoms with van der Waals surface area (Å²) in [5, 5.41) is 3.43. The van der Waals surface area contributed by atoms with E-state index in [1.807, 2.05) is 0 Å². The fourth-order valence-corrected chi connectivity index (χ4v) is 0.659. The fraction of sp³-hybridized carbons (Fsp3) is 0.571. The molecule has 0 aromatic rings. The summed E-state index contributed by atoms with van der Waals surface area (Å²) >= 11 is 0. The van der Waals surface area contributed by atoms with Crippen molar-refractivity contribution in [1.82, 2.24) is 5.43 Å². The van der Waals surface area contributed by atoms with E-state index in [1.165, 1.54) is 0 Å². The molecule has 0 radical (unpaired) electrons. The Hall–Kier alpha value is -0.990. The number of nitrogens with zero attached hydrogens (tertiary/aromatic N) is 1. The third-order valence-electron chi connectivity index (χ3n) is 0.985. The highest BCUT2D eigenvalue weighted by molar-refractivity contribution is 5.22. The summed E-state index contributed by atoms with van der Waals surface area (Å²) in [7, 11) is 0. The summed E-state index contributed by atoms with van der Waals surface area (Å²) in [4.78, 5) is 0. The summed E-state index contributed by atoms with van der Waals surface area (Å²) in [5.41, 5.74) is 8.96. The van der Waals surface area contributed by atoms with Crippen molar-refractivity contribution in [2.75, 3.05) is 0 Å². The van der Waals surface area contributed by atoms with Gasteiger partial charge >= 0.3 is 0 Å². The molecule has 0 aromatic carbocycles. The molecule has 0 saturated carbocycles. The Balaban J connectivity index is 3.59. The Kier molecular flexibility index (Phi) is 4.37. The van der Waals surface area contributed by atoms with Crippen molar-refractivity contribution in [2.45, 2.75) is 20.3 Å². The van der Waals surface area contributed by atoms with Crippen LogP contribution in [-0.2, 0) is 0 Å². The van der Waals surface area contributed by atoms with Gasteiger partial charge in [0.25, 0.3) is 0 Å². The second-order valence-corrected chi connectivity index (χ2v) is 2.60. The maximum absolute atomic E-state index is 5.57. The molecule has 58 valence electrons. The SMILES string of the molecule is C=NN/C=C(\N)CC(C)C. The van der Waals surface area contributed by atoms with Crippen molar-refractivity contribution < 1.29 is 0 Å². The molecule has 10 heavy (non-hydrogen) atoms. The van der Waals surface area contributed by atoms with Crippen LogP contribution in [0.3, 0.4) is 0 Å². The Morgan fingerprint density at radius 3 is 2.80 bits per heavy atom. The molecule has 0 spiro atoms. The summed E-state index contributed by atoms with van der Waals surface area (Å²) in [6.07, 6.45) is 2.55. The highest BCUT2D eigenvalue weighted by Crippen LogP contribution is 2.03. The van der Waals surface area contributed by atoms with Crippen molar-refractivity contribution in [1.29, 1.82) is 0 Å².